The molecule has 0 radical (unpaired) electrons. The lowest BCUT2D eigenvalue weighted by Gasteiger charge is -2.21. The second-order valence-electron chi connectivity index (χ2n) is 5.33. The van der Waals surface area contributed by atoms with E-state index in [4.69, 9.17) is 5.73 Å². The largest absolute Gasteiger partial charge is 0.329 e. The third-order valence-corrected chi connectivity index (χ3v) is 3.52. The molecule has 5 heteroatoms. The molecule has 0 saturated heterocycles. The minimum absolute atomic E-state index is 0.193. The van der Waals surface area contributed by atoms with E-state index in [2.05, 4.69) is 17.4 Å². The molecule has 0 saturated carbocycles. The van der Waals surface area contributed by atoms with Gasteiger partial charge in [0.25, 0.3) is 0 Å². The molecule has 2 rings (SSSR count). The summed E-state index contributed by atoms with van der Waals surface area (Å²) in [6, 6.07) is 16.2. The summed E-state index contributed by atoms with van der Waals surface area (Å²) in [7, 11) is 0. The molecule has 0 fully saturated rings. The number of anilines is 1. The van der Waals surface area contributed by atoms with Crippen molar-refractivity contribution in [2.24, 2.45) is 5.73 Å². The summed E-state index contributed by atoms with van der Waals surface area (Å²) in [6.07, 6.45) is 0.841. The number of para-hydroxylation sites is 1. The van der Waals surface area contributed by atoms with Crippen molar-refractivity contribution in [3.8, 4) is 0 Å². The molecule has 0 aromatic heterocycles. The predicted octanol–water partition coefficient (Wildman–Crippen LogP) is 2.27. The fourth-order valence-corrected chi connectivity index (χ4v) is 2.34. The molecule has 0 aliphatic heterocycles. The number of hydrogen-bond donors (Lipinski definition) is 2. The van der Waals surface area contributed by atoms with Gasteiger partial charge in [0.2, 0.25) is 5.91 Å². The fourth-order valence-electron chi connectivity index (χ4n) is 2.34. The highest BCUT2D eigenvalue weighted by Gasteiger charge is 2.12. The first-order valence-corrected chi connectivity index (χ1v) is 7.70. The molecular formula is C18H22FN3O. The van der Waals surface area contributed by atoms with Crippen LogP contribution in [0, 0.1) is 5.82 Å². The Hall–Kier alpha value is -2.24. The van der Waals surface area contributed by atoms with Crippen molar-refractivity contribution < 1.29 is 9.18 Å². The van der Waals surface area contributed by atoms with Crippen LogP contribution in [0.25, 0.3) is 0 Å². The van der Waals surface area contributed by atoms with E-state index in [1.165, 1.54) is 11.6 Å². The Morgan fingerprint density at radius 1 is 1.04 bits per heavy atom. The number of benzene rings is 2. The Morgan fingerprint density at radius 3 is 2.43 bits per heavy atom. The van der Waals surface area contributed by atoms with Crippen LogP contribution in [0.2, 0.25) is 0 Å². The van der Waals surface area contributed by atoms with Crippen molar-refractivity contribution >= 4 is 11.6 Å². The Morgan fingerprint density at radius 2 is 1.74 bits per heavy atom. The predicted molar refractivity (Wildman–Crippen MR) is 90.7 cm³/mol. The molecular weight excluding hydrogens is 293 g/mol. The molecule has 0 aliphatic rings. The molecule has 0 spiro atoms. The number of hydrogen-bond acceptors (Lipinski definition) is 3. The Balaban J connectivity index is 1.88. The van der Waals surface area contributed by atoms with Crippen LogP contribution >= 0.6 is 0 Å². The Kier molecular flexibility index (Phi) is 6.72. The maximum Gasteiger partial charge on any atom is 0.238 e. The number of carbonyl (C=O) groups excluding carboxylic acids is 1. The highest BCUT2D eigenvalue weighted by molar-refractivity contribution is 5.92. The lowest BCUT2D eigenvalue weighted by Crippen LogP contribution is -2.38. The first-order valence-electron chi connectivity index (χ1n) is 7.70. The molecule has 2 aromatic rings. The third-order valence-electron chi connectivity index (χ3n) is 3.52. The third kappa shape index (κ3) is 5.81. The molecule has 3 N–H and O–H groups in total. The number of nitrogens with two attached hydrogens (primary N) is 1. The zero-order chi connectivity index (χ0) is 16.5. The van der Waals surface area contributed by atoms with E-state index in [1.807, 2.05) is 23.1 Å². The van der Waals surface area contributed by atoms with Crippen LogP contribution in [-0.2, 0) is 11.2 Å². The van der Waals surface area contributed by atoms with Gasteiger partial charge in [-0.25, -0.2) is 4.39 Å². The summed E-state index contributed by atoms with van der Waals surface area (Å²) in [5.41, 5.74) is 7.03. The van der Waals surface area contributed by atoms with Crippen LogP contribution in [0.3, 0.4) is 0 Å². The van der Waals surface area contributed by atoms with E-state index in [0.717, 1.165) is 13.0 Å². The number of rotatable bonds is 8. The Labute approximate surface area is 136 Å². The first-order chi connectivity index (χ1) is 11.2. The number of nitrogens with one attached hydrogen (secondary N) is 1. The summed E-state index contributed by atoms with van der Waals surface area (Å²) in [6.45, 7) is 2.02. The van der Waals surface area contributed by atoms with Gasteiger partial charge in [-0.1, -0.05) is 42.5 Å². The zero-order valence-electron chi connectivity index (χ0n) is 13.0. The first kappa shape index (κ1) is 17.1. The summed E-state index contributed by atoms with van der Waals surface area (Å²) >= 11 is 0. The van der Waals surface area contributed by atoms with Gasteiger partial charge < -0.3 is 11.1 Å². The quantitative estimate of drug-likeness (QED) is 0.785. The molecule has 2 aromatic carbocycles. The average molecular weight is 315 g/mol. The highest BCUT2D eigenvalue weighted by atomic mass is 19.1. The van der Waals surface area contributed by atoms with Gasteiger partial charge in [0, 0.05) is 19.6 Å². The van der Waals surface area contributed by atoms with Crippen LogP contribution in [0.4, 0.5) is 10.1 Å². The molecule has 0 unspecified atom stereocenters. The summed E-state index contributed by atoms with van der Waals surface area (Å²) in [5, 5.41) is 2.60. The lowest BCUT2D eigenvalue weighted by atomic mass is 10.1. The van der Waals surface area contributed by atoms with Gasteiger partial charge in [0.1, 0.15) is 5.82 Å². The van der Waals surface area contributed by atoms with Crippen LogP contribution in [0.5, 0.6) is 0 Å². The van der Waals surface area contributed by atoms with Gasteiger partial charge in [0.05, 0.1) is 12.2 Å². The fraction of sp³-hybridized carbons (Fsp3) is 0.278. The van der Waals surface area contributed by atoms with Crippen LogP contribution in [0.15, 0.2) is 54.6 Å². The number of nitrogens with zero attached hydrogens (tertiary/aromatic N) is 1. The molecule has 0 atom stereocenters. The lowest BCUT2D eigenvalue weighted by molar-refractivity contribution is -0.117. The number of halogens is 1. The summed E-state index contributed by atoms with van der Waals surface area (Å²) < 4.78 is 13.6. The van der Waals surface area contributed by atoms with E-state index in [0.29, 0.717) is 13.1 Å². The SMILES string of the molecule is NCCN(CCc1ccccc1)CC(=O)Nc1ccccc1F. The van der Waals surface area contributed by atoms with Crippen LogP contribution in [-0.4, -0.2) is 37.0 Å². The van der Waals surface area contributed by atoms with E-state index >= 15 is 0 Å². The minimum Gasteiger partial charge on any atom is -0.329 e. The number of amides is 1. The van der Waals surface area contributed by atoms with Gasteiger partial charge in [-0.05, 0) is 24.1 Å². The van der Waals surface area contributed by atoms with Crippen molar-refractivity contribution in [1.82, 2.24) is 4.90 Å². The van der Waals surface area contributed by atoms with Crippen molar-refractivity contribution in [3.63, 3.8) is 0 Å². The van der Waals surface area contributed by atoms with Gasteiger partial charge in [-0.2, -0.15) is 0 Å². The van der Waals surface area contributed by atoms with Crippen molar-refractivity contribution in [2.75, 3.05) is 31.5 Å². The van der Waals surface area contributed by atoms with Gasteiger partial charge >= 0.3 is 0 Å². The van der Waals surface area contributed by atoms with Crippen LogP contribution < -0.4 is 11.1 Å². The molecule has 0 heterocycles. The molecule has 0 aliphatic carbocycles. The standard InChI is InChI=1S/C18H22FN3O/c19-16-8-4-5-9-17(16)21-18(23)14-22(13-11-20)12-10-15-6-2-1-3-7-15/h1-9H,10-14,20H2,(H,21,23). The average Bonchev–Trinajstić information content (AvgIpc) is 2.56. The molecule has 1 amide bonds. The summed E-state index contributed by atoms with van der Waals surface area (Å²) in [5.74, 6) is -0.674. The van der Waals surface area contributed by atoms with E-state index in [-0.39, 0.29) is 18.1 Å². The maximum atomic E-state index is 13.6. The van der Waals surface area contributed by atoms with Crippen LogP contribution in [0.1, 0.15) is 5.56 Å². The molecule has 23 heavy (non-hydrogen) atoms. The molecule has 0 bridgehead atoms. The number of carbonyl (C=O) groups is 1. The highest BCUT2D eigenvalue weighted by Crippen LogP contribution is 2.12. The van der Waals surface area contributed by atoms with Gasteiger partial charge in [-0.3, -0.25) is 9.69 Å². The van der Waals surface area contributed by atoms with E-state index in [9.17, 15) is 9.18 Å². The monoisotopic (exact) mass is 315 g/mol. The van der Waals surface area contributed by atoms with E-state index < -0.39 is 5.82 Å². The molecule has 122 valence electrons. The second-order valence-corrected chi connectivity index (χ2v) is 5.33. The normalized spacial score (nSPS) is 10.7. The summed E-state index contributed by atoms with van der Waals surface area (Å²) in [4.78, 5) is 14.1. The van der Waals surface area contributed by atoms with Crippen molar-refractivity contribution in [2.45, 2.75) is 6.42 Å². The smallest absolute Gasteiger partial charge is 0.238 e. The van der Waals surface area contributed by atoms with Gasteiger partial charge in [0.15, 0.2) is 0 Å². The minimum atomic E-state index is -0.435. The van der Waals surface area contributed by atoms with Crippen molar-refractivity contribution in [3.05, 3.63) is 66.0 Å². The van der Waals surface area contributed by atoms with E-state index in [1.54, 1.807) is 18.2 Å². The van der Waals surface area contributed by atoms with Gasteiger partial charge in [-0.15, -0.1) is 0 Å². The Bertz CT molecular complexity index is 619. The maximum absolute atomic E-state index is 13.6. The second kappa shape index (κ2) is 9.02. The zero-order valence-corrected chi connectivity index (χ0v) is 13.0. The van der Waals surface area contributed by atoms with Crippen molar-refractivity contribution in [1.29, 1.82) is 0 Å². The topological polar surface area (TPSA) is 58.4 Å². The molecule has 4 nitrogen and oxygen atoms in total.